The Morgan fingerprint density at radius 2 is 1.88 bits per heavy atom. The van der Waals surface area contributed by atoms with E-state index in [4.69, 9.17) is 9.47 Å². The first-order valence-corrected chi connectivity index (χ1v) is 8.10. The molecule has 0 unspecified atom stereocenters. The molecule has 1 aliphatic rings. The molecule has 4 nitrogen and oxygen atoms in total. The molecule has 0 aromatic heterocycles. The Morgan fingerprint density at radius 1 is 1.12 bits per heavy atom. The summed E-state index contributed by atoms with van der Waals surface area (Å²) in [5.74, 6) is -0.0164. The SMILES string of the molecule is COc1ccc(/C=C2\C(C)=C(CC(=O)O)c3cc(F)ccc32)c(OC)c1. The maximum absolute atomic E-state index is 13.7. The van der Waals surface area contributed by atoms with Crippen molar-refractivity contribution >= 4 is 23.2 Å². The van der Waals surface area contributed by atoms with Crippen LogP contribution in [-0.2, 0) is 4.79 Å². The van der Waals surface area contributed by atoms with Gasteiger partial charge in [-0.25, -0.2) is 4.39 Å². The van der Waals surface area contributed by atoms with Crippen molar-refractivity contribution in [3.63, 3.8) is 0 Å². The molecule has 0 spiro atoms. The molecular weight excluding hydrogens is 335 g/mol. The van der Waals surface area contributed by atoms with Gasteiger partial charge in [0.25, 0.3) is 0 Å². The molecule has 1 N–H and O–H groups in total. The lowest BCUT2D eigenvalue weighted by Crippen LogP contribution is -1.97. The smallest absolute Gasteiger partial charge is 0.307 e. The van der Waals surface area contributed by atoms with E-state index >= 15 is 0 Å². The van der Waals surface area contributed by atoms with E-state index in [1.165, 1.54) is 12.1 Å². The second-order valence-electron chi connectivity index (χ2n) is 6.03. The van der Waals surface area contributed by atoms with E-state index in [-0.39, 0.29) is 12.2 Å². The average molecular weight is 354 g/mol. The maximum atomic E-state index is 13.7. The van der Waals surface area contributed by atoms with Crippen LogP contribution in [0.4, 0.5) is 4.39 Å². The van der Waals surface area contributed by atoms with Gasteiger partial charge in [0.1, 0.15) is 17.3 Å². The molecule has 3 rings (SSSR count). The summed E-state index contributed by atoms with van der Waals surface area (Å²) in [6.07, 6.45) is 1.78. The average Bonchev–Trinajstić information content (AvgIpc) is 2.86. The molecule has 0 atom stereocenters. The van der Waals surface area contributed by atoms with Crippen LogP contribution < -0.4 is 9.47 Å². The number of carbonyl (C=O) groups is 1. The number of ether oxygens (including phenoxy) is 2. The quantitative estimate of drug-likeness (QED) is 0.849. The van der Waals surface area contributed by atoms with E-state index in [1.807, 2.05) is 25.1 Å². The molecule has 2 aromatic carbocycles. The molecule has 0 saturated heterocycles. The summed E-state index contributed by atoms with van der Waals surface area (Å²) < 4.78 is 24.4. The number of benzene rings is 2. The summed E-state index contributed by atoms with van der Waals surface area (Å²) in [6, 6.07) is 9.94. The van der Waals surface area contributed by atoms with Crippen LogP contribution in [0.5, 0.6) is 11.5 Å². The van der Waals surface area contributed by atoms with E-state index < -0.39 is 5.97 Å². The number of rotatable bonds is 5. The highest BCUT2D eigenvalue weighted by Gasteiger charge is 2.25. The Bertz CT molecular complexity index is 941. The molecule has 5 heteroatoms. The highest BCUT2D eigenvalue weighted by molar-refractivity contribution is 6.07. The number of allylic oxidation sites excluding steroid dienone is 2. The van der Waals surface area contributed by atoms with Crippen molar-refractivity contribution in [2.45, 2.75) is 13.3 Å². The first-order chi connectivity index (χ1) is 12.4. The summed E-state index contributed by atoms with van der Waals surface area (Å²) in [7, 11) is 3.16. The summed E-state index contributed by atoms with van der Waals surface area (Å²) in [5, 5.41) is 9.22. The predicted octanol–water partition coefficient (Wildman–Crippen LogP) is 4.65. The lowest BCUT2D eigenvalue weighted by atomic mass is 10.00. The van der Waals surface area contributed by atoms with Gasteiger partial charge in [-0.2, -0.15) is 0 Å². The topological polar surface area (TPSA) is 55.8 Å². The fraction of sp³-hybridized carbons (Fsp3) is 0.190. The zero-order chi connectivity index (χ0) is 18.8. The molecule has 0 fully saturated rings. The van der Waals surface area contributed by atoms with Crippen LogP contribution in [0.25, 0.3) is 17.2 Å². The van der Waals surface area contributed by atoms with E-state index in [0.29, 0.717) is 22.6 Å². The van der Waals surface area contributed by atoms with Gasteiger partial charge in [-0.15, -0.1) is 0 Å². The molecule has 0 amide bonds. The summed E-state index contributed by atoms with van der Waals surface area (Å²) >= 11 is 0. The van der Waals surface area contributed by atoms with Crippen molar-refractivity contribution in [3.8, 4) is 11.5 Å². The van der Waals surface area contributed by atoms with Crippen LogP contribution in [-0.4, -0.2) is 25.3 Å². The number of carboxylic acid groups (broad SMARTS) is 1. The van der Waals surface area contributed by atoms with E-state index in [9.17, 15) is 14.3 Å². The molecule has 0 aliphatic heterocycles. The number of carboxylic acids is 1. The number of halogens is 1. The van der Waals surface area contributed by atoms with Crippen molar-refractivity contribution in [2.75, 3.05) is 14.2 Å². The Balaban J connectivity index is 2.17. The highest BCUT2D eigenvalue weighted by atomic mass is 19.1. The number of methoxy groups -OCH3 is 2. The first-order valence-electron chi connectivity index (χ1n) is 8.10. The van der Waals surface area contributed by atoms with Crippen LogP contribution in [0.3, 0.4) is 0 Å². The summed E-state index contributed by atoms with van der Waals surface area (Å²) in [4.78, 5) is 11.3. The van der Waals surface area contributed by atoms with Crippen molar-refractivity contribution in [1.82, 2.24) is 0 Å². The van der Waals surface area contributed by atoms with Crippen molar-refractivity contribution in [3.05, 3.63) is 64.5 Å². The fourth-order valence-electron chi connectivity index (χ4n) is 3.23. The van der Waals surface area contributed by atoms with Gasteiger partial charge in [0.2, 0.25) is 0 Å². The van der Waals surface area contributed by atoms with Crippen LogP contribution in [0.1, 0.15) is 30.0 Å². The van der Waals surface area contributed by atoms with Gasteiger partial charge in [-0.3, -0.25) is 4.79 Å². The second-order valence-corrected chi connectivity index (χ2v) is 6.03. The Labute approximate surface area is 151 Å². The Hall–Kier alpha value is -3.08. The number of aliphatic carboxylic acids is 1. The van der Waals surface area contributed by atoms with Gasteiger partial charge >= 0.3 is 5.97 Å². The largest absolute Gasteiger partial charge is 0.497 e. The Kier molecular flexibility index (Phi) is 4.80. The molecule has 26 heavy (non-hydrogen) atoms. The van der Waals surface area contributed by atoms with Crippen molar-refractivity contribution < 1.29 is 23.8 Å². The number of hydrogen-bond acceptors (Lipinski definition) is 3. The standard InChI is InChI=1S/C21H19FO4/c1-12-17(8-13-4-6-15(25-2)10-20(13)26-3)16-7-5-14(22)9-19(16)18(12)11-21(23)24/h4-10H,11H2,1-3H3,(H,23,24)/b17-8+. The molecule has 1 aliphatic carbocycles. The molecule has 0 heterocycles. The summed E-state index contributed by atoms with van der Waals surface area (Å²) in [5.41, 5.74) is 4.59. The molecule has 134 valence electrons. The minimum atomic E-state index is -0.946. The van der Waals surface area contributed by atoms with E-state index in [2.05, 4.69) is 0 Å². The van der Waals surface area contributed by atoms with Crippen LogP contribution in [0.2, 0.25) is 0 Å². The monoisotopic (exact) mass is 354 g/mol. The molecular formula is C21H19FO4. The molecule has 0 saturated carbocycles. The third-order valence-corrected chi connectivity index (χ3v) is 4.52. The van der Waals surface area contributed by atoms with Crippen LogP contribution in [0, 0.1) is 5.82 Å². The molecule has 0 bridgehead atoms. The maximum Gasteiger partial charge on any atom is 0.307 e. The fourth-order valence-corrected chi connectivity index (χ4v) is 3.23. The number of hydrogen-bond donors (Lipinski definition) is 1. The normalized spacial score (nSPS) is 14.5. The van der Waals surface area contributed by atoms with Gasteiger partial charge in [-0.05, 0) is 65.1 Å². The van der Waals surface area contributed by atoms with Crippen LogP contribution >= 0.6 is 0 Å². The van der Waals surface area contributed by atoms with Crippen molar-refractivity contribution in [1.29, 1.82) is 0 Å². The highest BCUT2D eigenvalue weighted by Crippen LogP contribution is 2.44. The number of fused-ring (bicyclic) bond motifs is 1. The van der Waals surface area contributed by atoms with Gasteiger partial charge in [0.05, 0.1) is 20.6 Å². The lowest BCUT2D eigenvalue weighted by molar-refractivity contribution is -0.135. The van der Waals surface area contributed by atoms with Gasteiger partial charge < -0.3 is 14.6 Å². The van der Waals surface area contributed by atoms with Gasteiger partial charge in [-0.1, -0.05) is 6.07 Å². The molecule has 2 aromatic rings. The predicted molar refractivity (Wildman–Crippen MR) is 98.7 cm³/mol. The molecule has 0 radical (unpaired) electrons. The third-order valence-electron chi connectivity index (χ3n) is 4.52. The second kappa shape index (κ2) is 7.04. The minimum absolute atomic E-state index is 0.153. The summed E-state index contributed by atoms with van der Waals surface area (Å²) in [6.45, 7) is 1.86. The van der Waals surface area contributed by atoms with E-state index in [1.54, 1.807) is 26.4 Å². The zero-order valence-electron chi connectivity index (χ0n) is 14.8. The first kappa shape index (κ1) is 17.7. The van der Waals surface area contributed by atoms with Gasteiger partial charge in [0.15, 0.2) is 0 Å². The lowest BCUT2D eigenvalue weighted by Gasteiger charge is -2.10. The minimum Gasteiger partial charge on any atom is -0.497 e. The van der Waals surface area contributed by atoms with Crippen LogP contribution in [0.15, 0.2) is 42.0 Å². The van der Waals surface area contributed by atoms with Crippen molar-refractivity contribution in [2.24, 2.45) is 0 Å². The van der Waals surface area contributed by atoms with Gasteiger partial charge in [0, 0.05) is 11.6 Å². The third kappa shape index (κ3) is 3.20. The zero-order valence-corrected chi connectivity index (χ0v) is 14.8. The van der Waals surface area contributed by atoms with E-state index in [0.717, 1.165) is 22.3 Å². The Morgan fingerprint density at radius 3 is 2.54 bits per heavy atom.